The summed E-state index contributed by atoms with van der Waals surface area (Å²) < 4.78 is 55.1. The third-order valence-corrected chi connectivity index (χ3v) is 4.07. The van der Waals surface area contributed by atoms with Gasteiger partial charge in [-0.25, -0.2) is 32.5 Å². The number of fused-ring (bicyclic) bond motifs is 1. The molecule has 0 fully saturated rings. The lowest BCUT2D eigenvalue weighted by Crippen LogP contribution is -2.07. The molecule has 0 N–H and O–H groups in total. The average Bonchev–Trinajstić information content (AvgIpc) is 3.27. The third-order valence-electron chi connectivity index (χ3n) is 4.07. The average molecular weight is 375 g/mol. The third kappa shape index (κ3) is 3.27. The number of alkyl halides is 4. The molecule has 0 unspecified atom stereocenters. The molecule has 4 heterocycles. The normalized spacial score (nSPS) is 11.8. The van der Waals surface area contributed by atoms with E-state index in [2.05, 4.69) is 15.0 Å². The summed E-state index contributed by atoms with van der Waals surface area (Å²) in [5.41, 5.74) is 1.73. The van der Waals surface area contributed by atoms with E-state index in [9.17, 15) is 17.6 Å². The fraction of sp³-hybridized carbons (Fsp3) is 0.167. The SMILES string of the molecule is FC(F)Cn1cnc(-c2cccc(C(F)F)n2)c1-c1ccc2nccn2c1. The van der Waals surface area contributed by atoms with E-state index in [1.54, 1.807) is 35.1 Å². The highest BCUT2D eigenvalue weighted by Gasteiger charge is 2.20. The lowest BCUT2D eigenvalue weighted by Gasteiger charge is -2.11. The largest absolute Gasteiger partial charge is 0.324 e. The molecule has 0 amide bonds. The highest BCUT2D eigenvalue weighted by molar-refractivity contribution is 5.77. The van der Waals surface area contributed by atoms with Gasteiger partial charge in [0.05, 0.1) is 24.3 Å². The molecule has 4 aromatic rings. The van der Waals surface area contributed by atoms with Crippen LogP contribution in [0.5, 0.6) is 0 Å². The molecular formula is C18H13F4N5. The fourth-order valence-electron chi connectivity index (χ4n) is 2.92. The molecular weight excluding hydrogens is 362 g/mol. The zero-order valence-corrected chi connectivity index (χ0v) is 13.8. The van der Waals surface area contributed by atoms with Crippen LogP contribution < -0.4 is 0 Å². The Hall–Kier alpha value is -3.23. The molecule has 0 bridgehead atoms. The molecule has 0 aliphatic heterocycles. The van der Waals surface area contributed by atoms with Crippen molar-refractivity contribution in [3.63, 3.8) is 0 Å². The van der Waals surface area contributed by atoms with E-state index >= 15 is 0 Å². The maximum absolute atomic E-state index is 13.0. The molecule has 0 spiro atoms. The molecule has 0 radical (unpaired) electrons. The van der Waals surface area contributed by atoms with Crippen molar-refractivity contribution in [2.75, 3.05) is 0 Å². The number of rotatable bonds is 5. The van der Waals surface area contributed by atoms with E-state index < -0.39 is 25.1 Å². The standard InChI is InChI=1S/C18H13F4N5/c19-14(20)9-27-10-24-16(12-2-1-3-13(25-12)18(21)22)17(27)11-4-5-15-23-6-7-26(15)8-11/h1-8,10,14,18H,9H2. The predicted molar refractivity (Wildman–Crippen MR) is 90.6 cm³/mol. The van der Waals surface area contributed by atoms with Gasteiger partial charge < -0.3 is 8.97 Å². The van der Waals surface area contributed by atoms with Crippen LogP contribution in [-0.4, -0.2) is 30.3 Å². The van der Waals surface area contributed by atoms with Crippen LogP contribution in [0.3, 0.4) is 0 Å². The van der Waals surface area contributed by atoms with Gasteiger partial charge in [-0.3, -0.25) is 0 Å². The van der Waals surface area contributed by atoms with E-state index in [4.69, 9.17) is 0 Å². The van der Waals surface area contributed by atoms with Crippen molar-refractivity contribution in [3.05, 3.63) is 60.9 Å². The first kappa shape index (κ1) is 17.2. The molecule has 9 heteroatoms. The first-order valence-electron chi connectivity index (χ1n) is 8.05. The van der Waals surface area contributed by atoms with Crippen LogP contribution in [0.25, 0.3) is 28.3 Å². The number of nitrogens with zero attached hydrogens (tertiary/aromatic N) is 5. The Balaban J connectivity index is 1.90. The summed E-state index contributed by atoms with van der Waals surface area (Å²) in [6, 6.07) is 7.64. The summed E-state index contributed by atoms with van der Waals surface area (Å²) in [6.07, 6.45) is 1.00. The molecule has 27 heavy (non-hydrogen) atoms. The number of halogens is 4. The van der Waals surface area contributed by atoms with E-state index in [1.807, 2.05) is 0 Å². The Morgan fingerprint density at radius 2 is 1.85 bits per heavy atom. The van der Waals surface area contributed by atoms with E-state index in [0.717, 1.165) is 0 Å². The van der Waals surface area contributed by atoms with Gasteiger partial charge in [-0.05, 0) is 24.3 Å². The van der Waals surface area contributed by atoms with E-state index in [0.29, 0.717) is 16.9 Å². The van der Waals surface area contributed by atoms with Gasteiger partial charge >= 0.3 is 0 Å². The van der Waals surface area contributed by atoms with Crippen LogP contribution in [0.2, 0.25) is 0 Å². The van der Waals surface area contributed by atoms with Crippen molar-refractivity contribution in [2.45, 2.75) is 19.4 Å². The maximum Gasteiger partial charge on any atom is 0.280 e. The Kier molecular flexibility index (Phi) is 4.35. The van der Waals surface area contributed by atoms with E-state index in [-0.39, 0.29) is 11.4 Å². The van der Waals surface area contributed by atoms with Gasteiger partial charge in [-0.1, -0.05) is 6.07 Å². The predicted octanol–water partition coefficient (Wildman–Crippen LogP) is 4.46. The molecule has 0 aliphatic rings. The summed E-state index contributed by atoms with van der Waals surface area (Å²) in [4.78, 5) is 12.3. The van der Waals surface area contributed by atoms with Crippen molar-refractivity contribution in [3.8, 4) is 22.6 Å². The lowest BCUT2D eigenvalue weighted by molar-refractivity contribution is 0.127. The van der Waals surface area contributed by atoms with Crippen molar-refractivity contribution in [1.82, 2.24) is 23.9 Å². The second kappa shape index (κ2) is 6.82. The quantitative estimate of drug-likeness (QED) is 0.484. The number of hydrogen-bond acceptors (Lipinski definition) is 3. The van der Waals surface area contributed by atoms with Crippen molar-refractivity contribution in [1.29, 1.82) is 0 Å². The van der Waals surface area contributed by atoms with Crippen molar-refractivity contribution in [2.24, 2.45) is 0 Å². The number of hydrogen-bond donors (Lipinski definition) is 0. The molecule has 0 aliphatic carbocycles. The van der Waals surface area contributed by atoms with Gasteiger partial charge in [0.1, 0.15) is 17.0 Å². The van der Waals surface area contributed by atoms with Crippen LogP contribution in [-0.2, 0) is 6.54 Å². The second-order valence-corrected chi connectivity index (χ2v) is 5.84. The van der Waals surface area contributed by atoms with Crippen molar-refractivity contribution < 1.29 is 17.6 Å². The zero-order chi connectivity index (χ0) is 19.0. The van der Waals surface area contributed by atoms with Crippen LogP contribution in [0.4, 0.5) is 17.6 Å². The summed E-state index contributed by atoms with van der Waals surface area (Å²) in [6.45, 7) is -0.571. The van der Waals surface area contributed by atoms with Crippen molar-refractivity contribution >= 4 is 5.65 Å². The topological polar surface area (TPSA) is 48.0 Å². The summed E-state index contributed by atoms with van der Waals surface area (Å²) in [5, 5.41) is 0. The number of pyridine rings is 2. The highest BCUT2D eigenvalue weighted by Crippen LogP contribution is 2.32. The maximum atomic E-state index is 13.0. The first-order valence-corrected chi connectivity index (χ1v) is 8.05. The summed E-state index contributed by atoms with van der Waals surface area (Å²) in [5.74, 6) is 0. The van der Waals surface area contributed by atoms with Crippen LogP contribution >= 0.6 is 0 Å². The molecule has 0 saturated carbocycles. The zero-order valence-electron chi connectivity index (χ0n) is 13.8. The van der Waals surface area contributed by atoms with Gasteiger partial charge in [0.2, 0.25) is 0 Å². The van der Waals surface area contributed by atoms with Gasteiger partial charge in [0, 0.05) is 24.2 Å². The molecule has 4 rings (SSSR count). The summed E-state index contributed by atoms with van der Waals surface area (Å²) >= 11 is 0. The van der Waals surface area contributed by atoms with Gasteiger partial charge in [0.15, 0.2) is 0 Å². The van der Waals surface area contributed by atoms with Gasteiger partial charge in [-0.15, -0.1) is 0 Å². The minimum atomic E-state index is -2.74. The number of imidazole rings is 2. The minimum Gasteiger partial charge on any atom is -0.324 e. The highest BCUT2D eigenvalue weighted by atomic mass is 19.3. The Morgan fingerprint density at radius 1 is 1.00 bits per heavy atom. The lowest BCUT2D eigenvalue weighted by atomic mass is 10.1. The second-order valence-electron chi connectivity index (χ2n) is 5.84. The van der Waals surface area contributed by atoms with Crippen LogP contribution in [0, 0.1) is 0 Å². The number of aromatic nitrogens is 5. The minimum absolute atomic E-state index is 0.196. The Bertz CT molecular complexity index is 1090. The van der Waals surface area contributed by atoms with E-state index in [1.165, 1.54) is 29.1 Å². The van der Waals surface area contributed by atoms with Gasteiger partial charge in [-0.2, -0.15) is 0 Å². The summed E-state index contributed by atoms with van der Waals surface area (Å²) in [7, 11) is 0. The smallest absolute Gasteiger partial charge is 0.280 e. The molecule has 138 valence electrons. The fourth-order valence-corrected chi connectivity index (χ4v) is 2.92. The van der Waals surface area contributed by atoms with Crippen LogP contribution in [0.15, 0.2) is 55.2 Å². The van der Waals surface area contributed by atoms with Gasteiger partial charge in [0.25, 0.3) is 12.9 Å². The molecule has 4 aromatic heterocycles. The molecule has 0 atom stereocenters. The molecule has 0 aromatic carbocycles. The Labute approximate surface area is 150 Å². The van der Waals surface area contributed by atoms with Crippen LogP contribution in [0.1, 0.15) is 12.1 Å². The molecule has 0 saturated heterocycles. The first-order chi connectivity index (χ1) is 13.0. The Morgan fingerprint density at radius 3 is 2.63 bits per heavy atom. The molecule has 5 nitrogen and oxygen atoms in total. The monoisotopic (exact) mass is 375 g/mol.